The van der Waals surface area contributed by atoms with E-state index in [0.717, 1.165) is 14.6 Å². The quantitative estimate of drug-likeness (QED) is 0.818. The molecule has 98 valence electrons. The molecular formula is C14H11Br2NO2. The fourth-order valence-electron chi connectivity index (χ4n) is 1.68. The summed E-state index contributed by atoms with van der Waals surface area (Å²) in [7, 11) is 0. The van der Waals surface area contributed by atoms with E-state index in [-0.39, 0.29) is 0 Å². The van der Waals surface area contributed by atoms with Gasteiger partial charge in [-0.1, -0.05) is 24.3 Å². The molecule has 0 aliphatic heterocycles. The zero-order valence-corrected chi connectivity index (χ0v) is 13.0. The zero-order chi connectivity index (χ0) is 13.8. The lowest BCUT2D eigenvalue weighted by Crippen LogP contribution is -2.20. The predicted octanol–water partition coefficient (Wildman–Crippen LogP) is 4.45. The summed E-state index contributed by atoms with van der Waals surface area (Å²) in [6, 6.07) is 13.9. The number of hydrogen-bond acceptors (Lipinski definition) is 2. The van der Waals surface area contributed by atoms with Gasteiger partial charge < -0.3 is 10.4 Å². The van der Waals surface area contributed by atoms with Crippen LogP contribution in [0.5, 0.6) is 0 Å². The number of rotatable bonds is 4. The van der Waals surface area contributed by atoms with Gasteiger partial charge in [-0.2, -0.15) is 0 Å². The summed E-state index contributed by atoms with van der Waals surface area (Å²) in [5, 5.41) is 12.4. The molecule has 0 bridgehead atoms. The number of benzene rings is 2. The molecule has 0 saturated heterocycles. The molecule has 0 spiro atoms. The molecule has 0 radical (unpaired) electrons. The van der Waals surface area contributed by atoms with E-state index < -0.39 is 12.0 Å². The number of carboxylic acids is 1. The van der Waals surface area contributed by atoms with Crippen LogP contribution in [0.4, 0.5) is 5.69 Å². The number of aliphatic carboxylic acids is 1. The van der Waals surface area contributed by atoms with Crippen LogP contribution in [0.2, 0.25) is 0 Å². The topological polar surface area (TPSA) is 49.3 Å². The molecule has 0 saturated carbocycles. The Labute approximate surface area is 127 Å². The number of anilines is 1. The second-order valence-electron chi connectivity index (χ2n) is 3.96. The molecule has 2 aromatic rings. The lowest BCUT2D eigenvalue weighted by atomic mass is 10.1. The summed E-state index contributed by atoms with van der Waals surface area (Å²) < 4.78 is 1.71. The van der Waals surface area contributed by atoms with Crippen molar-refractivity contribution in [2.45, 2.75) is 6.04 Å². The second-order valence-corrected chi connectivity index (χ2v) is 5.66. The summed E-state index contributed by atoms with van der Waals surface area (Å²) in [6.45, 7) is 0. The Morgan fingerprint density at radius 3 is 2.32 bits per heavy atom. The van der Waals surface area contributed by atoms with Gasteiger partial charge >= 0.3 is 5.97 Å². The van der Waals surface area contributed by atoms with Crippen LogP contribution in [-0.2, 0) is 4.79 Å². The Bertz CT molecular complexity index is 587. The van der Waals surface area contributed by atoms with Crippen molar-refractivity contribution in [3.63, 3.8) is 0 Å². The lowest BCUT2D eigenvalue weighted by molar-refractivity contribution is -0.138. The third-order valence-corrected chi connectivity index (χ3v) is 4.49. The Kier molecular flexibility index (Phi) is 4.61. The molecule has 0 heterocycles. The van der Waals surface area contributed by atoms with Gasteiger partial charge in [0.05, 0.1) is 0 Å². The SMILES string of the molecule is O=C(O)C(Nc1ccccc1)c1ccc(Br)c(Br)c1. The third-order valence-electron chi connectivity index (χ3n) is 2.61. The first-order valence-corrected chi connectivity index (χ1v) is 7.16. The van der Waals surface area contributed by atoms with Crippen LogP contribution in [0.3, 0.4) is 0 Å². The van der Waals surface area contributed by atoms with Crippen LogP contribution < -0.4 is 5.32 Å². The van der Waals surface area contributed by atoms with Gasteiger partial charge in [-0.3, -0.25) is 0 Å². The van der Waals surface area contributed by atoms with E-state index in [4.69, 9.17) is 0 Å². The number of nitrogens with one attached hydrogen (secondary N) is 1. The van der Waals surface area contributed by atoms with Crippen molar-refractivity contribution in [1.29, 1.82) is 0 Å². The van der Waals surface area contributed by atoms with E-state index in [0.29, 0.717) is 5.56 Å². The minimum Gasteiger partial charge on any atom is -0.479 e. The number of para-hydroxylation sites is 1. The molecule has 0 fully saturated rings. The monoisotopic (exact) mass is 383 g/mol. The van der Waals surface area contributed by atoms with Gasteiger partial charge in [0.2, 0.25) is 0 Å². The fraction of sp³-hybridized carbons (Fsp3) is 0.0714. The van der Waals surface area contributed by atoms with Crippen molar-refractivity contribution in [2.75, 3.05) is 5.32 Å². The van der Waals surface area contributed by atoms with Gasteiger partial charge in [0.15, 0.2) is 6.04 Å². The van der Waals surface area contributed by atoms with Gasteiger partial charge in [-0.25, -0.2) is 4.79 Å². The number of halogens is 2. The highest BCUT2D eigenvalue weighted by Gasteiger charge is 2.20. The largest absolute Gasteiger partial charge is 0.479 e. The van der Waals surface area contributed by atoms with Gasteiger partial charge in [-0.05, 0) is 61.7 Å². The van der Waals surface area contributed by atoms with E-state index >= 15 is 0 Å². The van der Waals surface area contributed by atoms with Crippen LogP contribution in [0.1, 0.15) is 11.6 Å². The lowest BCUT2D eigenvalue weighted by Gasteiger charge is -2.16. The summed E-state index contributed by atoms with van der Waals surface area (Å²) in [6.07, 6.45) is 0. The van der Waals surface area contributed by atoms with E-state index in [1.807, 2.05) is 36.4 Å². The molecule has 19 heavy (non-hydrogen) atoms. The van der Waals surface area contributed by atoms with Crippen molar-refractivity contribution in [3.05, 3.63) is 63.0 Å². The minimum absolute atomic E-state index is 0.687. The molecule has 0 aromatic heterocycles. The summed E-state index contributed by atoms with van der Waals surface area (Å²) in [5.41, 5.74) is 1.46. The number of carboxylic acid groups (broad SMARTS) is 1. The number of hydrogen-bond donors (Lipinski definition) is 2. The van der Waals surface area contributed by atoms with Crippen LogP contribution in [0, 0.1) is 0 Å². The Morgan fingerprint density at radius 1 is 1.05 bits per heavy atom. The first kappa shape index (κ1) is 14.1. The van der Waals surface area contributed by atoms with E-state index in [2.05, 4.69) is 37.2 Å². The normalized spacial score (nSPS) is 11.9. The van der Waals surface area contributed by atoms with Crippen molar-refractivity contribution in [3.8, 4) is 0 Å². The van der Waals surface area contributed by atoms with E-state index in [1.165, 1.54) is 0 Å². The van der Waals surface area contributed by atoms with Gasteiger partial charge in [0.25, 0.3) is 0 Å². The van der Waals surface area contributed by atoms with Crippen molar-refractivity contribution in [1.82, 2.24) is 0 Å². The van der Waals surface area contributed by atoms with Crippen molar-refractivity contribution >= 4 is 43.5 Å². The molecule has 2 aromatic carbocycles. The standard InChI is InChI=1S/C14H11Br2NO2/c15-11-7-6-9(8-12(11)16)13(14(18)19)17-10-4-2-1-3-5-10/h1-8,13,17H,(H,18,19). The van der Waals surface area contributed by atoms with Crippen LogP contribution >= 0.6 is 31.9 Å². The molecular weight excluding hydrogens is 374 g/mol. The smallest absolute Gasteiger partial charge is 0.330 e. The summed E-state index contributed by atoms with van der Waals surface area (Å²) in [5.74, 6) is -0.918. The van der Waals surface area contributed by atoms with Crippen LogP contribution in [-0.4, -0.2) is 11.1 Å². The number of carbonyl (C=O) groups is 1. The first-order valence-electron chi connectivity index (χ1n) is 5.57. The Hall–Kier alpha value is -1.33. The fourth-order valence-corrected chi connectivity index (χ4v) is 2.32. The average molecular weight is 385 g/mol. The Morgan fingerprint density at radius 2 is 1.74 bits per heavy atom. The van der Waals surface area contributed by atoms with Crippen LogP contribution in [0.15, 0.2) is 57.5 Å². The highest BCUT2D eigenvalue weighted by Crippen LogP contribution is 2.28. The molecule has 1 atom stereocenters. The molecule has 2 N–H and O–H groups in total. The van der Waals surface area contributed by atoms with Gasteiger partial charge in [0, 0.05) is 14.6 Å². The molecule has 3 nitrogen and oxygen atoms in total. The molecule has 0 aliphatic rings. The maximum atomic E-state index is 11.4. The predicted molar refractivity (Wildman–Crippen MR) is 82.3 cm³/mol. The highest BCUT2D eigenvalue weighted by molar-refractivity contribution is 9.13. The summed E-state index contributed by atoms with van der Waals surface area (Å²) in [4.78, 5) is 11.4. The third kappa shape index (κ3) is 3.58. The van der Waals surface area contributed by atoms with E-state index in [1.54, 1.807) is 12.1 Å². The van der Waals surface area contributed by atoms with Crippen molar-refractivity contribution < 1.29 is 9.90 Å². The van der Waals surface area contributed by atoms with Gasteiger partial charge in [0.1, 0.15) is 0 Å². The van der Waals surface area contributed by atoms with Crippen LogP contribution in [0.25, 0.3) is 0 Å². The molecule has 5 heteroatoms. The maximum Gasteiger partial charge on any atom is 0.330 e. The van der Waals surface area contributed by atoms with Gasteiger partial charge in [-0.15, -0.1) is 0 Å². The first-order chi connectivity index (χ1) is 9.08. The van der Waals surface area contributed by atoms with E-state index in [9.17, 15) is 9.90 Å². The molecule has 0 amide bonds. The maximum absolute atomic E-state index is 11.4. The molecule has 0 aliphatic carbocycles. The highest BCUT2D eigenvalue weighted by atomic mass is 79.9. The molecule has 2 rings (SSSR count). The second kappa shape index (κ2) is 6.21. The summed E-state index contributed by atoms with van der Waals surface area (Å²) >= 11 is 6.75. The Balaban J connectivity index is 2.30. The zero-order valence-electron chi connectivity index (χ0n) is 9.81. The molecule has 1 unspecified atom stereocenters. The van der Waals surface area contributed by atoms with Crippen molar-refractivity contribution in [2.24, 2.45) is 0 Å². The minimum atomic E-state index is -0.918. The average Bonchev–Trinajstić information content (AvgIpc) is 2.40.